The van der Waals surface area contributed by atoms with Crippen LogP contribution in [0.1, 0.15) is 24.3 Å². The molecule has 0 bridgehead atoms. The number of carbonyl (C=O) groups excluding carboxylic acids is 2. The van der Waals surface area contributed by atoms with E-state index in [4.69, 9.17) is 0 Å². The molecule has 0 saturated carbocycles. The third-order valence-electron chi connectivity index (χ3n) is 3.10. The molecule has 6 heteroatoms. The fourth-order valence-electron chi connectivity index (χ4n) is 2.27. The van der Waals surface area contributed by atoms with E-state index in [2.05, 4.69) is 26.2 Å². The lowest BCUT2D eigenvalue weighted by Crippen LogP contribution is -2.39. The molecule has 1 saturated heterocycles. The number of carbonyl (C=O) groups is 2. The molecule has 2 aromatic heterocycles. The molecular formula is C12H10BrN3O2. The molecule has 1 atom stereocenters. The molecule has 1 aliphatic heterocycles. The highest BCUT2D eigenvalue weighted by atomic mass is 79.9. The van der Waals surface area contributed by atoms with Crippen LogP contribution in [0, 0.1) is 0 Å². The molecule has 0 aromatic carbocycles. The molecule has 3 heterocycles. The van der Waals surface area contributed by atoms with Crippen molar-refractivity contribution in [3.63, 3.8) is 0 Å². The number of nitrogens with one attached hydrogen (secondary N) is 1. The predicted molar refractivity (Wildman–Crippen MR) is 68.0 cm³/mol. The fourth-order valence-corrected chi connectivity index (χ4v) is 2.74. The van der Waals surface area contributed by atoms with Crippen LogP contribution in [-0.2, 0) is 9.59 Å². The van der Waals surface area contributed by atoms with Gasteiger partial charge in [-0.1, -0.05) is 0 Å². The molecule has 5 nitrogen and oxygen atoms in total. The second kappa shape index (κ2) is 4.20. The molecule has 3 rings (SSSR count). The summed E-state index contributed by atoms with van der Waals surface area (Å²) in [6.45, 7) is 0. The van der Waals surface area contributed by atoms with Gasteiger partial charge in [0.05, 0.1) is 5.92 Å². The maximum Gasteiger partial charge on any atom is 0.234 e. The Kier molecular flexibility index (Phi) is 2.66. The van der Waals surface area contributed by atoms with Crippen LogP contribution in [-0.4, -0.2) is 21.2 Å². The van der Waals surface area contributed by atoms with Crippen LogP contribution in [0.4, 0.5) is 0 Å². The molecular weight excluding hydrogens is 298 g/mol. The quantitative estimate of drug-likeness (QED) is 0.814. The summed E-state index contributed by atoms with van der Waals surface area (Å²) in [5, 5.41) is 2.37. The van der Waals surface area contributed by atoms with Crippen molar-refractivity contribution >= 4 is 33.4 Å². The van der Waals surface area contributed by atoms with E-state index in [1.54, 1.807) is 6.20 Å². The summed E-state index contributed by atoms with van der Waals surface area (Å²) in [4.78, 5) is 27.3. The predicted octanol–water partition coefficient (Wildman–Crippen LogP) is 1.62. The number of imide groups is 1. The number of amides is 2. The number of piperidine rings is 1. The van der Waals surface area contributed by atoms with Gasteiger partial charge in [-0.15, -0.1) is 0 Å². The minimum Gasteiger partial charge on any atom is -0.306 e. The van der Waals surface area contributed by atoms with Gasteiger partial charge >= 0.3 is 0 Å². The number of rotatable bonds is 1. The van der Waals surface area contributed by atoms with Gasteiger partial charge in [0.15, 0.2) is 0 Å². The van der Waals surface area contributed by atoms with Crippen LogP contribution >= 0.6 is 15.9 Å². The van der Waals surface area contributed by atoms with E-state index in [9.17, 15) is 9.59 Å². The van der Waals surface area contributed by atoms with Gasteiger partial charge in [0.1, 0.15) is 5.65 Å². The van der Waals surface area contributed by atoms with Crippen molar-refractivity contribution in [1.82, 2.24) is 14.7 Å². The first-order chi connectivity index (χ1) is 8.65. The molecule has 1 N–H and O–H groups in total. The van der Waals surface area contributed by atoms with Crippen molar-refractivity contribution in [1.29, 1.82) is 0 Å². The highest BCUT2D eigenvalue weighted by molar-refractivity contribution is 9.10. The Morgan fingerprint density at radius 1 is 1.44 bits per heavy atom. The van der Waals surface area contributed by atoms with E-state index in [1.807, 2.05) is 22.9 Å². The lowest BCUT2D eigenvalue weighted by Gasteiger charge is -2.21. The van der Waals surface area contributed by atoms with E-state index in [0.717, 1.165) is 15.7 Å². The zero-order valence-corrected chi connectivity index (χ0v) is 11.0. The van der Waals surface area contributed by atoms with E-state index in [-0.39, 0.29) is 17.7 Å². The Morgan fingerprint density at radius 3 is 3.06 bits per heavy atom. The maximum absolute atomic E-state index is 11.9. The summed E-state index contributed by atoms with van der Waals surface area (Å²) < 4.78 is 2.75. The summed E-state index contributed by atoms with van der Waals surface area (Å²) in [5.74, 6) is -0.759. The molecule has 0 aliphatic carbocycles. The Labute approximate surface area is 111 Å². The number of hydrogen-bond acceptors (Lipinski definition) is 3. The van der Waals surface area contributed by atoms with Gasteiger partial charge in [-0.3, -0.25) is 14.9 Å². The maximum atomic E-state index is 11.9. The number of imidazole rings is 1. The van der Waals surface area contributed by atoms with E-state index in [0.29, 0.717) is 12.8 Å². The van der Waals surface area contributed by atoms with Crippen LogP contribution in [0.2, 0.25) is 0 Å². The Hall–Kier alpha value is -1.69. The second-order valence-electron chi connectivity index (χ2n) is 4.28. The molecule has 18 heavy (non-hydrogen) atoms. The summed E-state index contributed by atoms with van der Waals surface area (Å²) in [7, 11) is 0. The molecule has 0 spiro atoms. The van der Waals surface area contributed by atoms with Gasteiger partial charge in [-0.2, -0.15) is 0 Å². The van der Waals surface area contributed by atoms with Crippen LogP contribution < -0.4 is 5.32 Å². The number of halogens is 1. The van der Waals surface area contributed by atoms with Crippen LogP contribution in [0.5, 0.6) is 0 Å². The molecule has 2 aromatic rings. The summed E-state index contributed by atoms with van der Waals surface area (Å²) in [6.07, 6.45) is 6.31. The van der Waals surface area contributed by atoms with Crippen molar-refractivity contribution in [2.24, 2.45) is 0 Å². The first-order valence-electron chi connectivity index (χ1n) is 5.61. The standard InChI is InChI=1S/C12H10BrN3O2/c13-7-5-9(11-14-3-4-16(11)6-7)8-1-2-10(17)15-12(8)18/h3-6,8H,1-2H2,(H,15,17,18). The molecule has 2 amide bonds. The Bertz CT molecular complexity index is 650. The summed E-state index contributed by atoms with van der Waals surface area (Å²) >= 11 is 3.42. The third kappa shape index (κ3) is 1.82. The van der Waals surface area contributed by atoms with Crippen molar-refractivity contribution in [2.75, 3.05) is 0 Å². The number of pyridine rings is 1. The van der Waals surface area contributed by atoms with Gasteiger partial charge in [-0.05, 0) is 28.4 Å². The number of fused-ring (bicyclic) bond motifs is 1. The van der Waals surface area contributed by atoms with Crippen molar-refractivity contribution in [2.45, 2.75) is 18.8 Å². The first kappa shape index (κ1) is 11.4. The van der Waals surface area contributed by atoms with Crippen LogP contribution in [0.15, 0.2) is 29.1 Å². The van der Waals surface area contributed by atoms with Gasteiger partial charge in [0, 0.05) is 35.0 Å². The Balaban J connectivity index is 2.11. The molecule has 1 fully saturated rings. The monoisotopic (exact) mass is 307 g/mol. The van der Waals surface area contributed by atoms with Gasteiger partial charge in [0.2, 0.25) is 11.8 Å². The third-order valence-corrected chi connectivity index (χ3v) is 3.53. The summed E-state index contributed by atoms with van der Waals surface area (Å²) in [6, 6.07) is 1.89. The highest BCUT2D eigenvalue weighted by Gasteiger charge is 2.30. The van der Waals surface area contributed by atoms with Gasteiger partial charge in [0.25, 0.3) is 0 Å². The largest absolute Gasteiger partial charge is 0.306 e. The lowest BCUT2D eigenvalue weighted by atomic mass is 9.91. The normalized spacial score (nSPS) is 20.2. The van der Waals surface area contributed by atoms with Crippen LogP contribution in [0.3, 0.4) is 0 Å². The first-order valence-corrected chi connectivity index (χ1v) is 6.40. The average molecular weight is 308 g/mol. The van der Waals surface area contributed by atoms with E-state index in [1.165, 1.54) is 0 Å². The number of nitrogens with zero attached hydrogens (tertiary/aromatic N) is 2. The van der Waals surface area contributed by atoms with E-state index >= 15 is 0 Å². The second-order valence-corrected chi connectivity index (χ2v) is 5.19. The Morgan fingerprint density at radius 2 is 2.28 bits per heavy atom. The van der Waals surface area contributed by atoms with Gasteiger partial charge in [-0.25, -0.2) is 4.98 Å². The zero-order valence-electron chi connectivity index (χ0n) is 9.39. The highest BCUT2D eigenvalue weighted by Crippen LogP contribution is 2.29. The van der Waals surface area contributed by atoms with Crippen LogP contribution in [0.25, 0.3) is 5.65 Å². The lowest BCUT2D eigenvalue weighted by molar-refractivity contribution is -0.134. The van der Waals surface area contributed by atoms with Crippen molar-refractivity contribution < 1.29 is 9.59 Å². The van der Waals surface area contributed by atoms with E-state index < -0.39 is 0 Å². The smallest absolute Gasteiger partial charge is 0.234 e. The zero-order chi connectivity index (χ0) is 12.7. The number of hydrogen-bond donors (Lipinski definition) is 1. The summed E-state index contributed by atoms with van der Waals surface area (Å²) in [5.41, 5.74) is 1.60. The topological polar surface area (TPSA) is 63.5 Å². The molecule has 1 aliphatic rings. The minimum absolute atomic E-state index is 0.203. The molecule has 92 valence electrons. The average Bonchev–Trinajstić information content (AvgIpc) is 2.76. The molecule has 0 radical (unpaired) electrons. The molecule has 1 unspecified atom stereocenters. The van der Waals surface area contributed by atoms with Crippen molar-refractivity contribution in [3.8, 4) is 0 Å². The van der Waals surface area contributed by atoms with Crippen molar-refractivity contribution in [3.05, 3.63) is 34.7 Å². The SMILES string of the molecule is O=C1CCC(c2cc(Br)cn3ccnc23)C(=O)N1. The minimum atomic E-state index is -0.315. The fraction of sp³-hybridized carbons (Fsp3) is 0.250. The van der Waals surface area contributed by atoms with Gasteiger partial charge < -0.3 is 4.40 Å². The number of aromatic nitrogens is 2.